The Morgan fingerprint density at radius 3 is 2.45 bits per heavy atom. The quantitative estimate of drug-likeness (QED) is 0.472. The van der Waals surface area contributed by atoms with Crippen molar-refractivity contribution in [3.8, 4) is 0 Å². The Kier molecular flexibility index (Phi) is 6.15. The second-order valence-corrected chi connectivity index (χ2v) is 8.87. The van der Waals surface area contributed by atoms with Crippen LogP contribution < -0.4 is 11.1 Å². The zero-order chi connectivity index (χ0) is 22.9. The van der Waals surface area contributed by atoms with Gasteiger partial charge in [-0.25, -0.2) is 4.79 Å². The smallest absolute Gasteiger partial charge is 0.329 e. The zero-order valence-electron chi connectivity index (χ0n) is 17.9. The molecule has 1 atom stereocenters. The second kappa shape index (κ2) is 8.49. The van der Waals surface area contributed by atoms with Crippen LogP contribution >= 0.6 is 0 Å². The van der Waals surface area contributed by atoms with Crippen molar-refractivity contribution in [3.63, 3.8) is 0 Å². The summed E-state index contributed by atoms with van der Waals surface area (Å²) in [5, 5.41) is 2.79. The van der Waals surface area contributed by atoms with Gasteiger partial charge in [-0.15, -0.1) is 0 Å². The van der Waals surface area contributed by atoms with Gasteiger partial charge in [-0.1, -0.05) is 12.1 Å². The molecule has 9 heteroatoms. The second-order valence-electron chi connectivity index (χ2n) is 8.87. The van der Waals surface area contributed by atoms with Crippen molar-refractivity contribution in [2.75, 3.05) is 0 Å². The third kappa shape index (κ3) is 5.10. The topological polar surface area (TPSA) is 136 Å². The van der Waals surface area contributed by atoms with E-state index < -0.39 is 35.3 Å². The minimum absolute atomic E-state index is 0.0101. The van der Waals surface area contributed by atoms with Gasteiger partial charge in [-0.2, -0.15) is 0 Å². The number of nitrogens with zero attached hydrogens (tertiary/aromatic N) is 1. The molecule has 0 aromatic heterocycles. The van der Waals surface area contributed by atoms with Crippen molar-refractivity contribution >= 4 is 29.6 Å². The summed E-state index contributed by atoms with van der Waals surface area (Å²) in [6, 6.07) is 3.50. The third-order valence-electron chi connectivity index (χ3n) is 5.09. The van der Waals surface area contributed by atoms with Crippen LogP contribution in [0.4, 0.5) is 0 Å². The van der Waals surface area contributed by atoms with Crippen molar-refractivity contribution in [2.24, 2.45) is 11.7 Å². The van der Waals surface area contributed by atoms with Crippen molar-refractivity contribution in [3.05, 3.63) is 34.9 Å². The van der Waals surface area contributed by atoms with E-state index in [1.54, 1.807) is 32.9 Å². The highest BCUT2D eigenvalue weighted by Crippen LogP contribution is 2.31. The van der Waals surface area contributed by atoms with E-state index >= 15 is 0 Å². The number of esters is 1. The molecule has 1 unspecified atom stereocenters. The molecule has 1 aliphatic carbocycles. The van der Waals surface area contributed by atoms with Gasteiger partial charge in [0, 0.05) is 18.9 Å². The first-order valence-electron chi connectivity index (χ1n) is 10.3. The Morgan fingerprint density at radius 1 is 1.19 bits per heavy atom. The molecule has 1 aromatic rings. The number of fused-ring (bicyclic) bond motifs is 1. The molecule has 0 bridgehead atoms. The van der Waals surface area contributed by atoms with Crippen LogP contribution in [0.5, 0.6) is 0 Å². The molecule has 31 heavy (non-hydrogen) atoms. The number of primary amides is 1. The molecule has 1 aromatic carbocycles. The Hall–Kier alpha value is -3.23. The Labute approximate surface area is 180 Å². The van der Waals surface area contributed by atoms with E-state index in [4.69, 9.17) is 10.5 Å². The van der Waals surface area contributed by atoms with E-state index in [2.05, 4.69) is 5.32 Å². The fourth-order valence-electron chi connectivity index (χ4n) is 3.48. The van der Waals surface area contributed by atoms with Crippen LogP contribution in [0.3, 0.4) is 0 Å². The van der Waals surface area contributed by atoms with E-state index in [0.717, 1.165) is 17.7 Å². The molecule has 0 spiro atoms. The molecule has 4 amide bonds. The Bertz CT molecular complexity index is 945. The fourth-order valence-corrected chi connectivity index (χ4v) is 3.48. The first-order chi connectivity index (χ1) is 14.5. The number of hydrogen-bond donors (Lipinski definition) is 2. The molecular weight excluding hydrogens is 402 g/mol. The lowest BCUT2D eigenvalue weighted by atomic mass is 10.0. The van der Waals surface area contributed by atoms with Crippen LogP contribution in [0.25, 0.3) is 0 Å². The molecule has 1 aliphatic heterocycles. The highest BCUT2D eigenvalue weighted by atomic mass is 16.6. The molecule has 3 N–H and O–H groups in total. The highest BCUT2D eigenvalue weighted by molar-refractivity contribution is 6.23. The number of amides is 4. The number of benzene rings is 1. The summed E-state index contributed by atoms with van der Waals surface area (Å²) in [5.74, 6) is -2.82. The van der Waals surface area contributed by atoms with Crippen LogP contribution in [-0.2, 0) is 25.7 Å². The molecule has 2 aliphatic rings. The largest absolute Gasteiger partial charge is 0.458 e. The first kappa shape index (κ1) is 22.5. The lowest BCUT2D eigenvalue weighted by molar-refractivity contribution is -0.160. The minimum Gasteiger partial charge on any atom is -0.458 e. The maximum Gasteiger partial charge on any atom is 0.329 e. The number of imide groups is 1. The molecule has 166 valence electrons. The van der Waals surface area contributed by atoms with Gasteiger partial charge < -0.3 is 15.8 Å². The van der Waals surface area contributed by atoms with Gasteiger partial charge in [-0.3, -0.25) is 24.1 Å². The minimum atomic E-state index is -1.28. The number of carbonyl (C=O) groups excluding carboxylic acids is 5. The Balaban J connectivity index is 1.88. The summed E-state index contributed by atoms with van der Waals surface area (Å²) in [6.07, 6.45) is 1.37. The van der Waals surface area contributed by atoms with Gasteiger partial charge in [0.05, 0.1) is 11.1 Å². The van der Waals surface area contributed by atoms with Gasteiger partial charge in [0.25, 0.3) is 11.8 Å². The maximum absolute atomic E-state index is 13.2. The average Bonchev–Trinajstić information content (AvgIpc) is 3.48. The normalized spacial score (nSPS) is 16.7. The van der Waals surface area contributed by atoms with Gasteiger partial charge >= 0.3 is 5.97 Å². The number of ether oxygens (including phenoxy) is 1. The number of rotatable bonds is 8. The lowest BCUT2D eigenvalue weighted by Gasteiger charge is -2.28. The SMILES string of the molecule is CC(C)(C)OC(=O)C(CCC(N)=O)N1C(=O)c2cccc(CNC(=O)C3CC3)c2C1=O. The summed E-state index contributed by atoms with van der Waals surface area (Å²) < 4.78 is 5.39. The predicted octanol–water partition coefficient (Wildman–Crippen LogP) is 1.28. The fraction of sp³-hybridized carbons (Fsp3) is 0.500. The summed E-state index contributed by atoms with van der Waals surface area (Å²) in [6.45, 7) is 5.10. The first-order valence-corrected chi connectivity index (χ1v) is 10.3. The standard InChI is InChI=1S/C22H27N3O6/c1-22(2,3)31-21(30)15(9-10-16(23)26)25-19(28)14-6-4-5-13(17(14)20(25)29)11-24-18(27)12-7-8-12/h4-6,12,15H,7-11H2,1-3H3,(H2,23,26)(H,24,27). The summed E-state index contributed by atoms with van der Waals surface area (Å²) in [4.78, 5) is 63.3. The molecule has 1 heterocycles. The van der Waals surface area contributed by atoms with Crippen LogP contribution in [-0.4, -0.2) is 46.1 Å². The molecular formula is C22H27N3O6. The van der Waals surface area contributed by atoms with Gasteiger partial charge in [-0.05, 0) is 51.7 Å². The van der Waals surface area contributed by atoms with Gasteiger partial charge in [0.2, 0.25) is 11.8 Å². The number of nitrogens with one attached hydrogen (secondary N) is 1. The number of hydrogen-bond acceptors (Lipinski definition) is 6. The lowest BCUT2D eigenvalue weighted by Crippen LogP contribution is -2.47. The summed E-state index contributed by atoms with van der Waals surface area (Å²) in [7, 11) is 0. The van der Waals surface area contributed by atoms with E-state index in [9.17, 15) is 24.0 Å². The van der Waals surface area contributed by atoms with Crippen molar-refractivity contribution in [1.29, 1.82) is 0 Å². The van der Waals surface area contributed by atoms with E-state index in [1.165, 1.54) is 6.07 Å². The van der Waals surface area contributed by atoms with Crippen LogP contribution in [0, 0.1) is 5.92 Å². The molecule has 1 fully saturated rings. The molecule has 9 nitrogen and oxygen atoms in total. The number of nitrogens with two attached hydrogens (primary N) is 1. The van der Waals surface area contributed by atoms with Crippen LogP contribution in [0.2, 0.25) is 0 Å². The van der Waals surface area contributed by atoms with Crippen molar-refractivity contribution in [2.45, 2.75) is 64.6 Å². The molecule has 3 rings (SSSR count). The van der Waals surface area contributed by atoms with E-state index in [1.807, 2.05) is 0 Å². The summed E-state index contributed by atoms with van der Waals surface area (Å²) >= 11 is 0. The monoisotopic (exact) mass is 429 g/mol. The third-order valence-corrected chi connectivity index (χ3v) is 5.09. The van der Waals surface area contributed by atoms with Crippen LogP contribution in [0.1, 0.15) is 72.7 Å². The Morgan fingerprint density at radius 2 is 1.87 bits per heavy atom. The maximum atomic E-state index is 13.2. The average molecular weight is 429 g/mol. The van der Waals surface area contributed by atoms with E-state index in [0.29, 0.717) is 5.56 Å². The van der Waals surface area contributed by atoms with Gasteiger partial charge in [0.1, 0.15) is 11.6 Å². The molecule has 0 radical (unpaired) electrons. The number of carbonyl (C=O) groups is 5. The van der Waals surface area contributed by atoms with Crippen molar-refractivity contribution < 1.29 is 28.7 Å². The zero-order valence-corrected chi connectivity index (χ0v) is 17.9. The van der Waals surface area contributed by atoms with Crippen molar-refractivity contribution in [1.82, 2.24) is 10.2 Å². The highest BCUT2D eigenvalue weighted by Gasteiger charge is 2.45. The molecule has 0 saturated heterocycles. The molecule has 1 saturated carbocycles. The summed E-state index contributed by atoms with van der Waals surface area (Å²) in [5.41, 5.74) is 5.16. The van der Waals surface area contributed by atoms with Crippen LogP contribution in [0.15, 0.2) is 18.2 Å². The van der Waals surface area contributed by atoms with Gasteiger partial charge in [0.15, 0.2) is 0 Å². The predicted molar refractivity (Wildman–Crippen MR) is 110 cm³/mol. The van der Waals surface area contributed by atoms with E-state index in [-0.39, 0.29) is 42.3 Å².